The minimum atomic E-state index is -0.839. The average molecular weight is 365 g/mol. The molecule has 7 nitrogen and oxygen atoms in total. The molecule has 0 spiro atoms. The van der Waals surface area contributed by atoms with Crippen molar-refractivity contribution >= 4 is 35.0 Å². The zero-order valence-electron chi connectivity index (χ0n) is 13.4. The van der Waals surface area contributed by atoms with Crippen LogP contribution in [-0.4, -0.2) is 32.0 Å². The summed E-state index contributed by atoms with van der Waals surface area (Å²) in [4.78, 5) is 24.3. The quantitative estimate of drug-likeness (QED) is 0.766. The van der Waals surface area contributed by atoms with Gasteiger partial charge in [-0.3, -0.25) is 14.7 Å². The van der Waals surface area contributed by atoms with Crippen LogP contribution in [0.4, 0.5) is 4.79 Å². The van der Waals surface area contributed by atoms with Crippen molar-refractivity contribution < 1.29 is 9.59 Å². The third-order valence-electron chi connectivity index (χ3n) is 3.66. The van der Waals surface area contributed by atoms with Gasteiger partial charge in [-0.25, -0.2) is 4.79 Å². The molecule has 128 valence electrons. The molecule has 0 radical (unpaired) electrons. The van der Waals surface area contributed by atoms with Crippen LogP contribution in [0.15, 0.2) is 22.7 Å². The maximum Gasteiger partial charge on any atom is 0.318 e. The van der Waals surface area contributed by atoms with Gasteiger partial charge >= 0.3 is 6.03 Å². The number of hydrogen-bond donors (Lipinski definition) is 2. The van der Waals surface area contributed by atoms with E-state index in [0.717, 1.165) is 23.5 Å². The molecule has 1 aliphatic carbocycles. The monoisotopic (exact) mass is 365 g/mol. The molecule has 24 heavy (non-hydrogen) atoms. The molecule has 2 heterocycles. The molecule has 1 saturated carbocycles. The zero-order valence-corrected chi connectivity index (χ0v) is 15.1. The number of urea groups is 1. The van der Waals surface area contributed by atoms with Crippen molar-refractivity contribution in [3.05, 3.63) is 17.5 Å². The summed E-state index contributed by atoms with van der Waals surface area (Å²) in [5.41, 5.74) is 5.07. The van der Waals surface area contributed by atoms with Gasteiger partial charge in [0.2, 0.25) is 5.91 Å². The molecular formula is C15H19N5O2S2. The molecule has 1 fully saturated rings. The van der Waals surface area contributed by atoms with Crippen LogP contribution in [0.3, 0.4) is 0 Å². The van der Waals surface area contributed by atoms with E-state index in [-0.39, 0.29) is 5.92 Å². The van der Waals surface area contributed by atoms with Gasteiger partial charge in [0.25, 0.3) is 0 Å². The van der Waals surface area contributed by atoms with Crippen LogP contribution in [-0.2, 0) is 4.79 Å². The summed E-state index contributed by atoms with van der Waals surface area (Å²) in [6, 6.07) is 3.54. The maximum absolute atomic E-state index is 12.2. The number of nitrogens with zero attached hydrogens (tertiary/aromatic N) is 3. The van der Waals surface area contributed by atoms with Gasteiger partial charge in [-0.15, -0.1) is 21.5 Å². The predicted octanol–water partition coefficient (Wildman–Crippen LogP) is 2.65. The van der Waals surface area contributed by atoms with Gasteiger partial charge in [-0.2, -0.15) is 0 Å². The van der Waals surface area contributed by atoms with Crippen molar-refractivity contribution in [1.29, 1.82) is 0 Å². The fraction of sp³-hybridized carbons (Fsp3) is 0.467. The fourth-order valence-electron chi connectivity index (χ4n) is 2.39. The van der Waals surface area contributed by atoms with E-state index >= 15 is 0 Å². The van der Waals surface area contributed by atoms with E-state index in [9.17, 15) is 9.59 Å². The first-order valence-corrected chi connectivity index (χ1v) is 9.49. The second-order valence-corrected chi connectivity index (χ2v) is 8.08. The number of rotatable bonds is 6. The largest absolute Gasteiger partial charge is 0.351 e. The summed E-state index contributed by atoms with van der Waals surface area (Å²) >= 11 is 2.95. The normalized spacial score (nSPS) is 15.5. The van der Waals surface area contributed by atoms with E-state index in [1.54, 1.807) is 11.3 Å². The number of carbonyl (C=O) groups is 2. The van der Waals surface area contributed by atoms with Crippen LogP contribution in [0.1, 0.15) is 32.7 Å². The van der Waals surface area contributed by atoms with Crippen LogP contribution in [0.25, 0.3) is 10.7 Å². The number of nitrogens with one attached hydrogen (secondary N) is 1. The second-order valence-electron chi connectivity index (χ2n) is 6.02. The molecule has 1 aliphatic rings. The predicted molar refractivity (Wildman–Crippen MR) is 93.8 cm³/mol. The lowest BCUT2D eigenvalue weighted by atomic mass is 10.1. The zero-order chi connectivity index (χ0) is 17.3. The fourth-order valence-corrected chi connectivity index (χ4v) is 4.20. The average Bonchev–Trinajstić information content (AvgIpc) is 3.04. The first-order chi connectivity index (χ1) is 11.5. The van der Waals surface area contributed by atoms with Gasteiger partial charge in [0.05, 0.1) is 10.1 Å². The number of hydrogen-bond acceptors (Lipinski definition) is 6. The van der Waals surface area contributed by atoms with E-state index in [1.165, 1.54) is 11.8 Å². The summed E-state index contributed by atoms with van der Waals surface area (Å²) in [5.74, 6) is 0.460. The molecule has 3 amide bonds. The molecule has 1 atom stereocenters. The van der Waals surface area contributed by atoms with Gasteiger partial charge in [0.15, 0.2) is 11.0 Å². The topological polar surface area (TPSA) is 103 Å². The van der Waals surface area contributed by atoms with Gasteiger partial charge in [-0.1, -0.05) is 31.7 Å². The Balaban J connectivity index is 1.88. The number of thiophene rings is 1. The lowest BCUT2D eigenvalue weighted by Crippen LogP contribution is -2.42. The third kappa shape index (κ3) is 3.62. The minimum absolute atomic E-state index is 0.0175. The van der Waals surface area contributed by atoms with Crippen LogP contribution in [0.2, 0.25) is 0 Å². The molecule has 9 heteroatoms. The Labute approximate surface area is 148 Å². The molecule has 0 bridgehead atoms. The molecule has 0 saturated heterocycles. The summed E-state index contributed by atoms with van der Waals surface area (Å²) in [6.07, 6.45) is 2.17. The summed E-state index contributed by atoms with van der Waals surface area (Å²) in [5, 5.41) is 13.1. The highest BCUT2D eigenvalue weighted by atomic mass is 32.2. The molecule has 0 aliphatic heterocycles. The third-order valence-corrected chi connectivity index (χ3v) is 6.03. The Kier molecular flexibility index (Phi) is 4.91. The van der Waals surface area contributed by atoms with Gasteiger partial charge in [0.1, 0.15) is 0 Å². The number of carbonyl (C=O) groups excluding carboxylic acids is 2. The Morgan fingerprint density at radius 1 is 1.42 bits per heavy atom. The molecule has 0 unspecified atom stereocenters. The molecule has 0 aromatic carbocycles. The van der Waals surface area contributed by atoms with Crippen LogP contribution in [0, 0.1) is 5.92 Å². The van der Waals surface area contributed by atoms with Gasteiger partial charge < -0.3 is 5.73 Å². The molecule has 2 aromatic heterocycles. The Bertz CT molecular complexity index is 737. The van der Waals surface area contributed by atoms with E-state index in [4.69, 9.17) is 5.73 Å². The summed E-state index contributed by atoms with van der Waals surface area (Å²) < 4.78 is 2.11. The number of thioether (sulfide) groups is 1. The highest BCUT2D eigenvalue weighted by Gasteiger charge is 2.33. The SMILES string of the molecule is CC(C)[C@H](Sc1nnc(-c2cccs2)n1C1CC1)C(=O)NC(N)=O. The number of imide groups is 1. The van der Waals surface area contributed by atoms with E-state index in [0.29, 0.717) is 11.2 Å². The molecular weight excluding hydrogens is 346 g/mol. The highest BCUT2D eigenvalue weighted by Crippen LogP contribution is 2.42. The standard InChI is InChI=1S/C15H19N5O2S2/c1-8(2)11(13(21)17-14(16)22)24-15-19-18-12(10-4-3-7-23-10)20(15)9-5-6-9/h3-4,7-9,11H,5-6H2,1-2H3,(H3,16,17,21,22)/t11-/m0/s1. The smallest absolute Gasteiger partial charge is 0.318 e. The van der Waals surface area contributed by atoms with Crippen LogP contribution in [0.5, 0.6) is 0 Å². The number of aromatic nitrogens is 3. The van der Waals surface area contributed by atoms with Crippen molar-refractivity contribution in [2.75, 3.05) is 0 Å². The van der Waals surface area contributed by atoms with Crippen LogP contribution < -0.4 is 11.1 Å². The van der Waals surface area contributed by atoms with Crippen molar-refractivity contribution in [1.82, 2.24) is 20.1 Å². The van der Waals surface area contributed by atoms with E-state index < -0.39 is 17.2 Å². The summed E-state index contributed by atoms with van der Waals surface area (Å²) in [7, 11) is 0. The number of nitrogens with two attached hydrogens (primary N) is 1. The second kappa shape index (κ2) is 6.94. The lowest BCUT2D eigenvalue weighted by molar-refractivity contribution is -0.120. The van der Waals surface area contributed by atoms with E-state index in [2.05, 4.69) is 20.1 Å². The number of primary amides is 1. The minimum Gasteiger partial charge on any atom is -0.351 e. The maximum atomic E-state index is 12.2. The molecule has 2 aromatic rings. The Morgan fingerprint density at radius 2 is 2.17 bits per heavy atom. The van der Waals surface area contributed by atoms with Crippen molar-refractivity contribution in [3.8, 4) is 10.7 Å². The number of amides is 3. The van der Waals surface area contributed by atoms with Crippen molar-refractivity contribution in [3.63, 3.8) is 0 Å². The molecule has 3 rings (SSSR count). The summed E-state index contributed by atoms with van der Waals surface area (Å²) in [6.45, 7) is 3.85. The van der Waals surface area contributed by atoms with Crippen molar-refractivity contribution in [2.45, 2.75) is 43.1 Å². The van der Waals surface area contributed by atoms with Gasteiger partial charge in [-0.05, 0) is 30.2 Å². The Hall–Kier alpha value is -1.87. The Morgan fingerprint density at radius 3 is 2.71 bits per heavy atom. The van der Waals surface area contributed by atoms with E-state index in [1.807, 2.05) is 31.4 Å². The van der Waals surface area contributed by atoms with Gasteiger partial charge in [0, 0.05) is 6.04 Å². The van der Waals surface area contributed by atoms with Crippen LogP contribution >= 0.6 is 23.1 Å². The van der Waals surface area contributed by atoms with Crippen molar-refractivity contribution in [2.24, 2.45) is 11.7 Å². The molecule has 3 N–H and O–H groups in total. The highest BCUT2D eigenvalue weighted by molar-refractivity contribution is 8.00. The lowest BCUT2D eigenvalue weighted by Gasteiger charge is -2.18. The first-order valence-electron chi connectivity index (χ1n) is 7.73. The first kappa shape index (κ1) is 17.0.